The van der Waals surface area contributed by atoms with E-state index in [1.54, 1.807) is 0 Å². The monoisotopic (exact) mass is 440 g/mol. The van der Waals surface area contributed by atoms with Crippen LogP contribution in [0.4, 0.5) is 0 Å². The smallest absolute Gasteiger partial charge is 0.161 e. The number of rotatable bonds is 1. The highest BCUT2D eigenvalue weighted by molar-refractivity contribution is 5.96. The van der Waals surface area contributed by atoms with E-state index in [-0.39, 0.29) is 21.7 Å². The van der Waals surface area contributed by atoms with Gasteiger partial charge in [0.15, 0.2) is 5.78 Å². The summed E-state index contributed by atoms with van der Waals surface area (Å²) in [5, 5.41) is 11.0. The molecule has 0 radical (unpaired) electrons. The van der Waals surface area contributed by atoms with Crippen LogP contribution < -0.4 is 0 Å². The molecule has 9 atom stereocenters. The second-order valence-corrected chi connectivity index (χ2v) is 14.9. The molecule has 4 fully saturated rings. The first kappa shape index (κ1) is 23.1. The van der Waals surface area contributed by atoms with Crippen LogP contribution in [0.25, 0.3) is 0 Å². The van der Waals surface area contributed by atoms with Crippen LogP contribution in [-0.2, 0) is 4.79 Å². The second kappa shape index (κ2) is 6.52. The van der Waals surface area contributed by atoms with Gasteiger partial charge in [0.1, 0.15) is 0 Å². The number of hydrogen-bond donors (Lipinski definition) is 1. The summed E-state index contributed by atoms with van der Waals surface area (Å²) in [7, 11) is 0. The summed E-state index contributed by atoms with van der Waals surface area (Å²) in [6, 6.07) is 0. The molecule has 0 aromatic heterocycles. The number of hydrogen-bond acceptors (Lipinski definition) is 2. The molecule has 0 bridgehead atoms. The quantitative estimate of drug-likeness (QED) is 0.468. The Balaban J connectivity index is 1.55. The number of carbonyl (C=O) groups excluding carboxylic acids is 1. The lowest BCUT2D eigenvalue weighted by Crippen LogP contribution is -2.67. The first-order valence-corrected chi connectivity index (χ1v) is 13.6. The third-order valence-electron chi connectivity index (χ3n) is 13.1. The fourth-order valence-electron chi connectivity index (χ4n) is 11.3. The molecule has 2 heteroatoms. The van der Waals surface area contributed by atoms with E-state index in [9.17, 15) is 9.90 Å². The molecule has 1 unspecified atom stereocenters. The predicted molar refractivity (Wildman–Crippen MR) is 131 cm³/mol. The zero-order chi connectivity index (χ0) is 23.5. The maximum atomic E-state index is 13.6. The van der Waals surface area contributed by atoms with Crippen LogP contribution in [0.15, 0.2) is 12.2 Å². The summed E-state index contributed by atoms with van der Waals surface area (Å²) in [5.41, 5.74) is 0.154. The molecule has 0 heterocycles. The standard InChI is InChI=1S/C30H48O2/c1-25(2)15-14-24(31)30(8)21(25)13-18-29(7)23(30)10-9-22-27(5)16-11-19(26(3,4)32)20(27)12-17-28(22,29)6/h14-15,19-23,32H,9-13,16-18H2,1-8H3/t19-,20-,21?,22+,23-,27-,28+,29+,30-/m0/s1. The summed E-state index contributed by atoms with van der Waals surface area (Å²) < 4.78 is 0. The molecule has 0 aliphatic heterocycles. The Morgan fingerprint density at radius 3 is 2.06 bits per heavy atom. The molecule has 0 aromatic carbocycles. The van der Waals surface area contributed by atoms with E-state index in [0.717, 1.165) is 0 Å². The fraction of sp³-hybridized carbons (Fsp3) is 0.900. The maximum absolute atomic E-state index is 13.6. The van der Waals surface area contributed by atoms with Gasteiger partial charge in [-0.1, -0.05) is 47.6 Å². The molecular weight excluding hydrogens is 392 g/mol. The SMILES string of the molecule is CC1(C)C=CC(=O)[C@@]2(C)C1CC[C@]1(C)[C@@H]2CC[C@@H]2[C@@]3(C)CC[C@H](C(C)(C)O)[C@@H]3CC[C@]21C. The van der Waals surface area contributed by atoms with Crippen molar-refractivity contribution in [3.8, 4) is 0 Å². The number of aliphatic hydroxyl groups is 1. The lowest BCUT2D eigenvalue weighted by molar-refractivity contribution is -0.230. The van der Waals surface area contributed by atoms with Gasteiger partial charge in [-0.2, -0.15) is 0 Å². The molecule has 0 spiro atoms. The average Bonchev–Trinajstić information content (AvgIpc) is 3.03. The van der Waals surface area contributed by atoms with Gasteiger partial charge < -0.3 is 5.11 Å². The Hall–Kier alpha value is -0.630. The predicted octanol–water partition coefficient (Wildman–Crippen LogP) is 7.20. The van der Waals surface area contributed by atoms with Crippen molar-refractivity contribution in [2.45, 2.75) is 112 Å². The van der Waals surface area contributed by atoms with Gasteiger partial charge >= 0.3 is 0 Å². The number of carbonyl (C=O) groups is 1. The first-order valence-electron chi connectivity index (χ1n) is 13.6. The van der Waals surface area contributed by atoms with Gasteiger partial charge in [0.2, 0.25) is 0 Å². The van der Waals surface area contributed by atoms with Crippen molar-refractivity contribution >= 4 is 5.78 Å². The van der Waals surface area contributed by atoms with Crippen molar-refractivity contribution in [1.29, 1.82) is 0 Å². The van der Waals surface area contributed by atoms with Gasteiger partial charge in [-0.15, -0.1) is 0 Å². The van der Waals surface area contributed by atoms with Crippen LogP contribution in [0.1, 0.15) is 107 Å². The summed E-state index contributed by atoms with van der Waals surface area (Å²) in [6.45, 7) is 19.0. The maximum Gasteiger partial charge on any atom is 0.161 e. The van der Waals surface area contributed by atoms with E-state index in [4.69, 9.17) is 0 Å². The Labute approximate surface area is 197 Å². The van der Waals surface area contributed by atoms with Gasteiger partial charge in [-0.25, -0.2) is 0 Å². The third kappa shape index (κ3) is 2.60. The summed E-state index contributed by atoms with van der Waals surface area (Å²) in [6.07, 6.45) is 14.0. The molecule has 1 N–H and O–H groups in total. The van der Waals surface area contributed by atoms with Crippen LogP contribution in [0, 0.1) is 56.7 Å². The summed E-state index contributed by atoms with van der Waals surface area (Å²) >= 11 is 0. The minimum atomic E-state index is -0.574. The summed E-state index contributed by atoms with van der Waals surface area (Å²) in [4.78, 5) is 13.6. The summed E-state index contributed by atoms with van der Waals surface area (Å²) in [5.74, 6) is 3.14. The average molecular weight is 441 g/mol. The highest BCUT2D eigenvalue weighted by Gasteiger charge is 2.71. The molecule has 180 valence electrons. The Morgan fingerprint density at radius 2 is 1.41 bits per heavy atom. The largest absolute Gasteiger partial charge is 0.390 e. The van der Waals surface area contributed by atoms with E-state index >= 15 is 0 Å². The van der Waals surface area contributed by atoms with E-state index in [1.807, 2.05) is 19.9 Å². The van der Waals surface area contributed by atoms with Crippen molar-refractivity contribution < 1.29 is 9.90 Å². The molecule has 32 heavy (non-hydrogen) atoms. The first-order chi connectivity index (χ1) is 14.6. The van der Waals surface area contributed by atoms with Crippen molar-refractivity contribution in [2.75, 3.05) is 0 Å². The van der Waals surface area contributed by atoms with Crippen LogP contribution in [0.5, 0.6) is 0 Å². The molecule has 5 aliphatic rings. The third-order valence-corrected chi connectivity index (χ3v) is 13.1. The van der Waals surface area contributed by atoms with Gasteiger partial charge in [0.25, 0.3) is 0 Å². The normalized spacial score (nSPS) is 54.4. The van der Waals surface area contributed by atoms with Crippen molar-refractivity contribution in [1.82, 2.24) is 0 Å². The van der Waals surface area contributed by atoms with Crippen molar-refractivity contribution in [3.63, 3.8) is 0 Å². The molecular formula is C30H48O2. The van der Waals surface area contributed by atoms with E-state index in [0.29, 0.717) is 40.8 Å². The van der Waals surface area contributed by atoms with Crippen molar-refractivity contribution in [3.05, 3.63) is 12.2 Å². The molecule has 0 saturated heterocycles. The zero-order valence-electron chi connectivity index (χ0n) is 22.1. The van der Waals surface area contributed by atoms with E-state index in [1.165, 1.54) is 51.4 Å². The Kier molecular flexibility index (Phi) is 4.71. The zero-order valence-corrected chi connectivity index (χ0v) is 22.1. The lowest BCUT2D eigenvalue weighted by atomic mass is 9.32. The number of allylic oxidation sites excluding steroid dienone is 2. The highest BCUT2D eigenvalue weighted by atomic mass is 16.3. The van der Waals surface area contributed by atoms with Crippen LogP contribution in [-0.4, -0.2) is 16.5 Å². The molecule has 0 amide bonds. The van der Waals surface area contributed by atoms with Crippen molar-refractivity contribution in [2.24, 2.45) is 56.7 Å². The van der Waals surface area contributed by atoms with Gasteiger partial charge in [-0.3, -0.25) is 4.79 Å². The van der Waals surface area contributed by atoms with E-state index in [2.05, 4.69) is 47.6 Å². The van der Waals surface area contributed by atoms with Crippen LogP contribution >= 0.6 is 0 Å². The van der Waals surface area contributed by atoms with Gasteiger partial charge in [-0.05, 0) is 123 Å². The molecule has 2 nitrogen and oxygen atoms in total. The molecule has 0 aromatic rings. The van der Waals surface area contributed by atoms with Gasteiger partial charge in [0.05, 0.1) is 5.60 Å². The minimum absolute atomic E-state index is 0.108. The highest BCUT2D eigenvalue weighted by Crippen LogP contribution is 2.77. The second-order valence-electron chi connectivity index (χ2n) is 14.9. The van der Waals surface area contributed by atoms with E-state index < -0.39 is 5.60 Å². The Morgan fingerprint density at radius 1 is 0.812 bits per heavy atom. The van der Waals surface area contributed by atoms with Crippen LogP contribution in [0.2, 0.25) is 0 Å². The molecule has 4 saturated carbocycles. The number of fused-ring (bicyclic) bond motifs is 7. The topological polar surface area (TPSA) is 37.3 Å². The number of ketones is 1. The Bertz CT molecular complexity index is 847. The van der Waals surface area contributed by atoms with Gasteiger partial charge in [0, 0.05) is 5.41 Å². The molecule has 5 rings (SSSR count). The minimum Gasteiger partial charge on any atom is -0.390 e. The lowest BCUT2D eigenvalue weighted by Gasteiger charge is -2.72. The fourth-order valence-corrected chi connectivity index (χ4v) is 11.3. The molecule has 5 aliphatic carbocycles. The van der Waals surface area contributed by atoms with Crippen LogP contribution in [0.3, 0.4) is 0 Å².